The molecular weight excluding hydrogens is 640 g/mol. The Morgan fingerprint density at radius 1 is 0.286 bits per heavy atom. The number of rotatable bonds is 4. The van der Waals surface area contributed by atoms with Crippen LogP contribution < -0.4 is 9.97 Å². The normalized spacial score (nSPS) is 11.8. The van der Waals surface area contributed by atoms with Crippen molar-refractivity contribution in [3.63, 3.8) is 0 Å². The molecule has 0 spiro atoms. The quantitative estimate of drug-likeness (QED) is 0.175. The van der Waals surface area contributed by atoms with E-state index in [2.05, 4.69) is 146 Å². The van der Waals surface area contributed by atoms with Gasteiger partial charge in [-0.15, -0.1) is 22.1 Å². The van der Waals surface area contributed by atoms with E-state index in [1.54, 1.807) is 0 Å². The fourth-order valence-corrected chi connectivity index (χ4v) is 6.69. The number of benzene rings is 4. The van der Waals surface area contributed by atoms with Crippen LogP contribution in [0.2, 0.25) is 0 Å². The maximum Gasteiger partial charge on any atom is 0.0704 e. The van der Waals surface area contributed by atoms with Gasteiger partial charge in [-0.05, 0) is 68.8 Å². The summed E-state index contributed by atoms with van der Waals surface area (Å²) in [4.78, 5) is 21.2. The van der Waals surface area contributed by atoms with Gasteiger partial charge in [0.2, 0.25) is 0 Å². The smallest absolute Gasteiger partial charge is 0.0704 e. The molecular formula is C44H28FeN4-2. The summed E-state index contributed by atoms with van der Waals surface area (Å²) in [6.45, 7) is 0. The molecule has 0 saturated heterocycles. The summed E-state index contributed by atoms with van der Waals surface area (Å²) in [6.07, 6.45) is 8.41. The molecule has 49 heavy (non-hydrogen) atoms. The maximum absolute atomic E-state index is 5.31. The van der Waals surface area contributed by atoms with Crippen molar-refractivity contribution in [1.82, 2.24) is 19.9 Å². The largest absolute Gasteiger partial charge is 0.657 e. The van der Waals surface area contributed by atoms with Gasteiger partial charge in [-0.2, -0.15) is 0 Å². The van der Waals surface area contributed by atoms with Crippen molar-refractivity contribution in [3.8, 4) is 44.5 Å². The molecule has 234 valence electrons. The van der Waals surface area contributed by atoms with Crippen LogP contribution in [-0.4, -0.2) is 9.97 Å². The average Bonchev–Trinajstić information content (AvgIpc) is 3.98. The first-order chi connectivity index (χ1) is 23.8. The van der Waals surface area contributed by atoms with Gasteiger partial charge in [0.15, 0.2) is 0 Å². The molecule has 4 aromatic carbocycles. The van der Waals surface area contributed by atoms with Crippen LogP contribution in [0.25, 0.3) is 90.9 Å². The van der Waals surface area contributed by atoms with E-state index in [0.717, 1.165) is 89.4 Å². The van der Waals surface area contributed by atoms with Gasteiger partial charge in [-0.25, -0.2) is 9.97 Å². The minimum atomic E-state index is 0. The van der Waals surface area contributed by atoms with E-state index < -0.39 is 0 Å². The van der Waals surface area contributed by atoms with E-state index in [9.17, 15) is 0 Å². The van der Waals surface area contributed by atoms with Crippen LogP contribution in [0.15, 0.2) is 146 Å². The van der Waals surface area contributed by atoms with E-state index in [4.69, 9.17) is 19.9 Å². The predicted molar refractivity (Wildman–Crippen MR) is 199 cm³/mol. The number of hydrogen-bond acceptors (Lipinski definition) is 2. The Balaban J connectivity index is 0.00000348. The molecule has 0 fully saturated rings. The molecule has 3 aromatic heterocycles. The zero-order valence-corrected chi connectivity index (χ0v) is 27.4. The Morgan fingerprint density at radius 2 is 0.510 bits per heavy atom. The summed E-state index contributed by atoms with van der Waals surface area (Å²) in [5.74, 6) is 0. The summed E-state index contributed by atoms with van der Waals surface area (Å²) >= 11 is 0. The van der Waals surface area contributed by atoms with Gasteiger partial charge in [-0.1, -0.05) is 146 Å². The van der Waals surface area contributed by atoms with Crippen LogP contribution in [0.4, 0.5) is 0 Å². The topological polar surface area (TPSA) is 54.0 Å². The van der Waals surface area contributed by atoms with Crippen LogP contribution in [-0.2, 0) is 17.1 Å². The van der Waals surface area contributed by atoms with Crippen LogP contribution in [0.1, 0.15) is 22.8 Å². The second-order valence-electron chi connectivity index (χ2n) is 11.8. The third-order valence-corrected chi connectivity index (χ3v) is 8.86. The van der Waals surface area contributed by atoms with Crippen LogP contribution in [0.3, 0.4) is 0 Å². The molecule has 7 aromatic rings. The third kappa shape index (κ3) is 5.55. The third-order valence-electron chi connectivity index (χ3n) is 8.86. The van der Waals surface area contributed by atoms with Gasteiger partial charge < -0.3 is 9.97 Å². The van der Waals surface area contributed by atoms with E-state index in [1.807, 2.05) is 24.3 Å². The monoisotopic (exact) mass is 668 g/mol. The fourth-order valence-electron chi connectivity index (χ4n) is 6.69. The first kappa shape index (κ1) is 30.3. The molecule has 2 aliphatic heterocycles. The number of aromatic nitrogens is 4. The molecule has 0 atom stereocenters. The molecule has 9 rings (SSSR count). The van der Waals surface area contributed by atoms with Gasteiger partial charge in [-0.3, -0.25) is 0 Å². The van der Waals surface area contributed by atoms with Gasteiger partial charge in [0.1, 0.15) is 0 Å². The number of nitrogens with zero attached hydrogens (tertiary/aromatic N) is 4. The zero-order valence-electron chi connectivity index (χ0n) is 26.3. The standard InChI is InChI=1S/C44H28N4.Fe/c1-5-13-29(14-6-1)41-33-21-23-35(45-33)42(30-15-7-2-8-16-30)37-25-27-39(47-37)44(32-19-11-4-12-20-32)40-28-26-38(48-40)43(31-17-9-3-10-18-31)36-24-22-34(41)46-36;/h1-28H;/q-2;. The molecule has 5 heterocycles. The van der Waals surface area contributed by atoms with Crippen molar-refractivity contribution in [1.29, 1.82) is 0 Å². The molecule has 0 amide bonds. The Hall–Kier alpha value is -6.00. The summed E-state index contributed by atoms with van der Waals surface area (Å²) in [5, 5.41) is 0. The first-order valence-electron chi connectivity index (χ1n) is 16.1. The molecule has 5 heteroatoms. The van der Waals surface area contributed by atoms with Gasteiger partial charge in [0.05, 0.1) is 22.8 Å². The second-order valence-corrected chi connectivity index (χ2v) is 11.8. The van der Waals surface area contributed by atoms with Gasteiger partial charge >= 0.3 is 0 Å². The van der Waals surface area contributed by atoms with Crippen molar-refractivity contribution in [2.75, 3.05) is 0 Å². The summed E-state index contributed by atoms with van der Waals surface area (Å²) in [6, 6.07) is 50.0. The molecule has 2 aliphatic rings. The van der Waals surface area contributed by atoms with Crippen molar-refractivity contribution >= 4 is 46.4 Å². The molecule has 0 aliphatic carbocycles. The van der Waals surface area contributed by atoms with Gasteiger partial charge in [0, 0.05) is 17.1 Å². The van der Waals surface area contributed by atoms with E-state index >= 15 is 0 Å². The van der Waals surface area contributed by atoms with E-state index in [1.165, 1.54) is 0 Å². The Labute approximate surface area is 295 Å². The minimum Gasteiger partial charge on any atom is -0.657 e. The Bertz CT molecular complexity index is 2180. The molecule has 4 nitrogen and oxygen atoms in total. The van der Waals surface area contributed by atoms with Gasteiger partial charge in [0.25, 0.3) is 0 Å². The van der Waals surface area contributed by atoms with Crippen LogP contribution >= 0.6 is 0 Å². The molecule has 0 unspecified atom stereocenters. The second kappa shape index (κ2) is 12.9. The van der Waals surface area contributed by atoms with Crippen LogP contribution in [0.5, 0.6) is 0 Å². The molecule has 0 N–H and O–H groups in total. The summed E-state index contributed by atoms with van der Waals surface area (Å²) < 4.78 is 0. The van der Waals surface area contributed by atoms with Crippen molar-refractivity contribution in [2.45, 2.75) is 0 Å². The number of fused-ring (bicyclic) bond motifs is 8. The Morgan fingerprint density at radius 3 is 0.735 bits per heavy atom. The van der Waals surface area contributed by atoms with Crippen molar-refractivity contribution in [3.05, 3.63) is 168 Å². The van der Waals surface area contributed by atoms with Crippen molar-refractivity contribution < 1.29 is 17.1 Å². The average molecular weight is 669 g/mol. The molecule has 8 bridgehead atoms. The Kier molecular flexibility index (Phi) is 7.98. The summed E-state index contributed by atoms with van der Waals surface area (Å²) in [5.41, 5.74) is 15.0. The zero-order chi connectivity index (χ0) is 31.9. The molecule has 0 saturated carbocycles. The van der Waals surface area contributed by atoms with E-state index in [-0.39, 0.29) is 17.1 Å². The minimum absolute atomic E-state index is 0. The van der Waals surface area contributed by atoms with E-state index in [0.29, 0.717) is 0 Å². The summed E-state index contributed by atoms with van der Waals surface area (Å²) in [7, 11) is 0. The van der Waals surface area contributed by atoms with Crippen molar-refractivity contribution in [2.24, 2.45) is 0 Å². The predicted octanol–water partition coefficient (Wildman–Crippen LogP) is 10.6. The molecule has 0 radical (unpaired) electrons. The number of hydrogen-bond donors (Lipinski definition) is 0. The van der Waals surface area contributed by atoms with Crippen LogP contribution in [0, 0.1) is 0 Å². The fraction of sp³-hybridized carbons (Fsp3) is 0. The first-order valence-corrected chi connectivity index (χ1v) is 16.1. The maximum atomic E-state index is 5.31. The SMILES string of the molecule is C1=Cc2nc1c(-c1ccccc1)c1ccc([n-]1)c(-c1ccccc1)c1nc(c(-c3ccccc3)c3ccc([n-]3)c2-c2ccccc2)C=C1.[Fe].